The minimum Gasteiger partial charge on any atom is -0.348 e. The normalized spacial score (nSPS) is 20.1. The van der Waals surface area contributed by atoms with E-state index < -0.39 is 0 Å². The smallest absolute Gasteiger partial charge is 0.237 e. The van der Waals surface area contributed by atoms with Gasteiger partial charge in [0.25, 0.3) is 0 Å². The maximum atomic E-state index is 11.9. The minimum atomic E-state index is -0.0502. The van der Waals surface area contributed by atoms with Crippen molar-refractivity contribution in [3.63, 3.8) is 0 Å². The fraction of sp³-hybridized carbons (Fsp3) is 0.429. The van der Waals surface area contributed by atoms with Crippen LogP contribution in [0, 0.1) is 11.3 Å². The monoisotopic (exact) mass is 243 g/mol. The fourth-order valence-electron chi connectivity index (χ4n) is 2.15. The fourth-order valence-corrected chi connectivity index (χ4v) is 2.15. The molecule has 1 aromatic carbocycles. The van der Waals surface area contributed by atoms with E-state index in [4.69, 9.17) is 5.26 Å². The van der Waals surface area contributed by atoms with E-state index in [9.17, 15) is 4.79 Å². The zero-order valence-corrected chi connectivity index (χ0v) is 10.4. The summed E-state index contributed by atoms with van der Waals surface area (Å²) in [7, 11) is 0. The molecule has 0 aliphatic carbocycles. The van der Waals surface area contributed by atoms with Gasteiger partial charge in [-0.25, -0.2) is 0 Å². The van der Waals surface area contributed by atoms with Crippen LogP contribution in [-0.2, 0) is 4.79 Å². The van der Waals surface area contributed by atoms with Gasteiger partial charge in [-0.1, -0.05) is 12.1 Å². The van der Waals surface area contributed by atoms with Gasteiger partial charge in [-0.15, -0.1) is 0 Å². The summed E-state index contributed by atoms with van der Waals surface area (Å²) in [5.41, 5.74) is 1.65. The molecule has 1 amide bonds. The standard InChI is InChI=1S/C14H17N3O/c1-10(12-6-4-11(9-15)5-7-12)17-14(18)13-3-2-8-16-13/h4-7,10,13,16H,2-3,8H2,1H3,(H,17,18)/t10?,13-/m1/s1. The summed E-state index contributed by atoms with van der Waals surface area (Å²) >= 11 is 0. The van der Waals surface area contributed by atoms with Gasteiger partial charge in [0.2, 0.25) is 5.91 Å². The Labute approximate surface area is 107 Å². The molecule has 94 valence electrons. The molecule has 0 saturated carbocycles. The summed E-state index contributed by atoms with van der Waals surface area (Å²) in [6, 6.07) is 9.30. The first-order chi connectivity index (χ1) is 8.70. The number of rotatable bonds is 3. The molecule has 4 nitrogen and oxygen atoms in total. The van der Waals surface area contributed by atoms with Crippen LogP contribution in [0.1, 0.15) is 36.9 Å². The van der Waals surface area contributed by atoms with Crippen LogP contribution in [0.25, 0.3) is 0 Å². The van der Waals surface area contributed by atoms with Gasteiger partial charge in [0, 0.05) is 0 Å². The number of carbonyl (C=O) groups is 1. The molecule has 1 aliphatic rings. The van der Waals surface area contributed by atoms with Crippen LogP contribution < -0.4 is 10.6 Å². The Kier molecular flexibility index (Phi) is 3.96. The molecule has 0 aromatic heterocycles. The summed E-state index contributed by atoms with van der Waals surface area (Å²) in [6.45, 7) is 2.87. The minimum absolute atomic E-state index is 0.0346. The number of carbonyl (C=O) groups excluding carboxylic acids is 1. The molecule has 0 spiro atoms. The van der Waals surface area contributed by atoms with Crippen molar-refractivity contribution in [2.75, 3.05) is 6.54 Å². The summed E-state index contributed by atoms with van der Waals surface area (Å²) in [5, 5.41) is 14.9. The molecule has 0 bridgehead atoms. The average Bonchev–Trinajstić information content (AvgIpc) is 2.92. The van der Waals surface area contributed by atoms with Crippen molar-refractivity contribution in [1.29, 1.82) is 5.26 Å². The molecule has 18 heavy (non-hydrogen) atoms. The zero-order chi connectivity index (χ0) is 13.0. The number of amides is 1. The third-order valence-corrected chi connectivity index (χ3v) is 3.28. The Morgan fingerprint density at radius 3 is 2.78 bits per heavy atom. The van der Waals surface area contributed by atoms with Gasteiger partial charge in [-0.2, -0.15) is 5.26 Å². The first-order valence-electron chi connectivity index (χ1n) is 6.24. The maximum absolute atomic E-state index is 11.9. The largest absolute Gasteiger partial charge is 0.348 e. The van der Waals surface area contributed by atoms with E-state index >= 15 is 0 Å². The van der Waals surface area contributed by atoms with E-state index in [2.05, 4.69) is 16.7 Å². The number of hydrogen-bond donors (Lipinski definition) is 2. The van der Waals surface area contributed by atoms with Crippen LogP contribution in [0.5, 0.6) is 0 Å². The lowest BCUT2D eigenvalue weighted by Crippen LogP contribution is -2.41. The van der Waals surface area contributed by atoms with Crippen LogP contribution in [-0.4, -0.2) is 18.5 Å². The predicted molar refractivity (Wildman–Crippen MR) is 68.7 cm³/mol. The van der Waals surface area contributed by atoms with Gasteiger partial charge >= 0.3 is 0 Å². The molecule has 0 radical (unpaired) electrons. The zero-order valence-electron chi connectivity index (χ0n) is 10.4. The van der Waals surface area contributed by atoms with Gasteiger partial charge in [0.15, 0.2) is 0 Å². The van der Waals surface area contributed by atoms with Crippen molar-refractivity contribution in [2.45, 2.75) is 31.8 Å². The van der Waals surface area contributed by atoms with Crippen molar-refractivity contribution in [1.82, 2.24) is 10.6 Å². The van der Waals surface area contributed by atoms with Crippen LogP contribution >= 0.6 is 0 Å². The Hall–Kier alpha value is -1.86. The van der Waals surface area contributed by atoms with Crippen LogP contribution in [0.4, 0.5) is 0 Å². The van der Waals surface area contributed by atoms with E-state index in [1.54, 1.807) is 12.1 Å². The molecule has 1 aliphatic heterocycles. The lowest BCUT2D eigenvalue weighted by molar-refractivity contribution is -0.123. The summed E-state index contributed by atoms with van der Waals surface area (Å²) in [5.74, 6) is 0.0596. The van der Waals surface area contributed by atoms with E-state index in [1.807, 2.05) is 19.1 Å². The molecule has 1 unspecified atom stereocenters. The van der Waals surface area contributed by atoms with Gasteiger partial charge in [-0.3, -0.25) is 4.79 Å². The second kappa shape index (κ2) is 5.65. The lowest BCUT2D eigenvalue weighted by Gasteiger charge is -2.17. The molecule has 4 heteroatoms. The highest BCUT2D eigenvalue weighted by atomic mass is 16.2. The number of nitriles is 1. The van der Waals surface area contributed by atoms with Crippen LogP contribution in [0.2, 0.25) is 0 Å². The third kappa shape index (κ3) is 2.88. The molecule has 1 fully saturated rings. The molecule has 2 N–H and O–H groups in total. The van der Waals surface area contributed by atoms with E-state index in [-0.39, 0.29) is 18.0 Å². The molecule has 1 saturated heterocycles. The van der Waals surface area contributed by atoms with Crippen molar-refractivity contribution in [2.24, 2.45) is 0 Å². The molecule has 1 aromatic rings. The number of nitrogens with one attached hydrogen (secondary N) is 2. The Morgan fingerprint density at radius 1 is 1.50 bits per heavy atom. The van der Waals surface area contributed by atoms with Crippen LogP contribution in [0.15, 0.2) is 24.3 Å². The van der Waals surface area contributed by atoms with Crippen molar-refractivity contribution in [3.05, 3.63) is 35.4 Å². The van der Waals surface area contributed by atoms with Crippen LogP contribution in [0.3, 0.4) is 0 Å². The van der Waals surface area contributed by atoms with Gasteiger partial charge in [-0.05, 0) is 44.0 Å². The molecular weight excluding hydrogens is 226 g/mol. The SMILES string of the molecule is CC(NC(=O)[C@H]1CCCN1)c1ccc(C#N)cc1. The van der Waals surface area contributed by atoms with Gasteiger partial charge < -0.3 is 10.6 Å². The number of benzene rings is 1. The third-order valence-electron chi connectivity index (χ3n) is 3.28. The molecule has 2 atom stereocenters. The summed E-state index contributed by atoms with van der Waals surface area (Å²) < 4.78 is 0. The number of hydrogen-bond acceptors (Lipinski definition) is 3. The van der Waals surface area contributed by atoms with E-state index in [1.165, 1.54) is 0 Å². The molecular formula is C14H17N3O. The highest BCUT2D eigenvalue weighted by molar-refractivity contribution is 5.82. The highest BCUT2D eigenvalue weighted by Crippen LogP contribution is 2.14. The Morgan fingerprint density at radius 2 is 2.22 bits per heavy atom. The molecule has 2 rings (SSSR count). The average molecular weight is 243 g/mol. The van der Waals surface area contributed by atoms with Gasteiger partial charge in [0.1, 0.15) is 0 Å². The second-order valence-corrected chi connectivity index (χ2v) is 4.61. The highest BCUT2D eigenvalue weighted by Gasteiger charge is 2.23. The van der Waals surface area contributed by atoms with Crippen molar-refractivity contribution < 1.29 is 4.79 Å². The number of nitrogens with zero attached hydrogens (tertiary/aromatic N) is 1. The summed E-state index contributed by atoms with van der Waals surface area (Å²) in [4.78, 5) is 11.9. The molecule has 1 heterocycles. The van der Waals surface area contributed by atoms with E-state index in [0.29, 0.717) is 5.56 Å². The van der Waals surface area contributed by atoms with Gasteiger partial charge in [0.05, 0.1) is 23.7 Å². The van der Waals surface area contributed by atoms with Crippen molar-refractivity contribution >= 4 is 5.91 Å². The second-order valence-electron chi connectivity index (χ2n) is 4.61. The topological polar surface area (TPSA) is 64.9 Å². The predicted octanol–water partition coefficient (Wildman–Crippen LogP) is 1.49. The quantitative estimate of drug-likeness (QED) is 0.845. The summed E-state index contributed by atoms with van der Waals surface area (Å²) in [6.07, 6.45) is 1.97. The first-order valence-corrected chi connectivity index (χ1v) is 6.24. The Balaban J connectivity index is 1.96. The Bertz CT molecular complexity index is 455. The first kappa shape index (κ1) is 12.6. The maximum Gasteiger partial charge on any atom is 0.237 e. The lowest BCUT2D eigenvalue weighted by atomic mass is 10.1. The van der Waals surface area contributed by atoms with E-state index in [0.717, 1.165) is 24.9 Å². The van der Waals surface area contributed by atoms with Crippen molar-refractivity contribution in [3.8, 4) is 6.07 Å².